The van der Waals surface area contributed by atoms with Crippen LogP contribution >= 0.6 is 0 Å². The van der Waals surface area contributed by atoms with Gasteiger partial charge in [-0.15, -0.1) is 0 Å². The number of carbonyl (C=O) groups excluding carboxylic acids is 2. The summed E-state index contributed by atoms with van der Waals surface area (Å²) in [4.78, 5) is 33.8. The molecule has 2 aromatic rings. The molecule has 1 aromatic heterocycles. The summed E-state index contributed by atoms with van der Waals surface area (Å²) in [7, 11) is 0. The van der Waals surface area contributed by atoms with Crippen molar-refractivity contribution in [2.75, 3.05) is 11.9 Å². The highest BCUT2D eigenvalue weighted by atomic mass is 16.6. The number of rotatable bonds is 3. The van der Waals surface area contributed by atoms with Gasteiger partial charge in [-0.3, -0.25) is 14.7 Å². The largest absolute Gasteiger partial charge is 0.444 e. The van der Waals surface area contributed by atoms with Crippen molar-refractivity contribution < 1.29 is 14.3 Å². The maximum atomic E-state index is 12.9. The summed E-state index contributed by atoms with van der Waals surface area (Å²) in [5.74, 6) is -0.376. The maximum absolute atomic E-state index is 12.9. The minimum absolute atomic E-state index is 0.132. The quantitative estimate of drug-likeness (QED) is 0.492. The summed E-state index contributed by atoms with van der Waals surface area (Å²) >= 11 is 0. The summed E-state index contributed by atoms with van der Waals surface area (Å²) in [6.07, 6.45) is 1.19. The highest BCUT2D eigenvalue weighted by molar-refractivity contribution is 5.98. The van der Waals surface area contributed by atoms with Gasteiger partial charge in [0, 0.05) is 16.8 Å². The van der Waals surface area contributed by atoms with Crippen LogP contribution in [-0.2, 0) is 9.53 Å². The summed E-state index contributed by atoms with van der Waals surface area (Å²) < 4.78 is 5.40. The molecule has 146 valence electrons. The van der Waals surface area contributed by atoms with Crippen LogP contribution in [0.4, 0.5) is 10.5 Å². The van der Waals surface area contributed by atoms with Crippen LogP contribution in [0.1, 0.15) is 27.2 Å². The molecule has 1 aliphatic heterocycles. The van der Waals surface area contributed by atoms with E-state index in [1.165, 1.54) is 4.90 Å². The fourth-order valence-electron chi connectivity index (χ4n) is 3.11. The van der Waals surface area contributed by atoms with E-state index >= 15 is 0 Å². The highest BCUT2D eigenvalue weighted by Crippen LogP contribution is 2.25. The van der Waals surface area contributed by atoms with E-state index in [9.17, 15) is 9.59 Å². The molecule has 9 heteroatoms. The topological polar surface area (TPSA) is 120 Å². The van der Waals surface area contributed by atoms with Gasteiger partial charge in [0.05, 0.1) is 23.4 Å². The van der Waals surface area contributed by atoms with E-state index in [4.69, 9.17) is 10.3 Å². The number of likely N-dealkylation sites (tertiary alicyclic amines) is 1. The Bertz CT molecular complexity index is 948. The molecule has 2 atom stereocenters. The van der Waals surface area contributed by atoms with E-state index in [0.29, 0.717) is 5.69 Å². The molecule has 0 unspecified atom stereocenters. The Morgan fingerprint density at radius 2 is 2.11 bits per heavy atom. The molecule has 0 aliphatic carbocycles. The van der Waals surface area contributed by atoms with Crippen molar-refractivity contribution in [3.8, 4) is 0 Å². The first-order valence-corrected chi connectivity index (χ1v) is 8.96. The number of amides is 2. The number of azide groups is 1. The van der Waals surface area contributed by atoms with Crippen LogP contribution in [0.25, 0.3) is 21.3 Å². The summed E-state index contributed by atoms with van der Waals surface area (Å²) in [5, 5.41) is 7.36. The molecule has 9 nitrogen and oxygen atoms in total. The van der Waals surface area contributed by atoms with Crippen molar-refractivity contribution >= 4 is 28.6 Å². The summed E-state index contributed by atoms with van der Waals surface area (Å²) in [5.41, 5.74) is 9.36. The van der Waals surface area contributed by atoms with E-state index in [0.717, 1.165) is 10.9 Å². The molecular weight excluding hydrogens is 360 g/mol. The van der Waals surface area contributed by atoms with E-state index in [1.54, 1.807) is 27.0 Å². The Hall–Kier alpha value is -3.32. The molecule has 1 fully saturated rings. The Balaban J connectivity index is 1.79. The molecule has 3 rings (SSSR count). The number of nitrogens with one attached hydrogen (secondary N) is 1. The second-order valence-electron chi connectivity index (χ2n) is 7.65. The number of fused-ring (bicyclic) bond motifs is 1. The highest BCUT2D eigenvalue weighted by Gasteiger charge is 2.41. The van der Waals surface area contributed by atoms with Crippen LogP contribution in [0.2, 0.25) is 0 Å². The van der Waals surface area contributed by atoms with Crippen molar-refractivity contribution in [1.29, 1.82) is 0 Å². The van der Waals surface area contributed by atoms with E-state index in [-0.39, 0.29) is 18.9 Å². The third-order valence-corrected chi connectivity index (χ3v) is 4.28. The first-order chi connectivity index (χ1) is 13.3. The van der Waals surface area contributed by atoms with E-state index in [2.05, 4.69) is 20.3 Å². The number of benzene rings is 1. The van der Waals surface area contributed by atoms with Crippen molar-refractivity contribution in [2.24, 2.45) is 5.11 Å². The van der Waals surface area contributed by atoms with Gasteiger partial charge in [0.15, 0.2) is 0 Å². The minimum atomic E-state index is -0.795. The van der Waals surface area contributed by atoms with Crippen LogP contribution in [0.15, 0.2) is 41.6 Å². The molecule has 0 radical (unpaired) electrons. The summed E-state index contributed by atoms with van der Waals surface area (Å²) in [6, 6.07) is 8.10. The molecule has 28 heavy (non-hydrogen) atoms. The molecule has 1 aromatic carbocycles. The number of nitrogens with zero attached hydrogens (tertiary/aromatic N) is 5. The van der Waals surface area contributed by atoms with Crippen molar-refractivity contribution in [2.45, 2.75) is 44.9 Å². The first kappa shape index (κ1) is 19.4. The third kappa shape index (κ3) is 4.50. The van der Waals surface area contributed by atoms with Gasteiger partial charge in [0.25, 0.3) is 0 Å². The van der Waals surface area contributed by atoms with Crippen LogP contribution in [0, 0.1) is 0 Å². The molecule has 2 amide bonds. The number of hydrogen-bond donors (Lipinski definition) is 1. The lowest BCUT2D eigenvalue weighted by Gasteiger charge is -2.28. The Morgan fingerprint density at radius 1 is 1.36 bits per heavy atom. The lowest BCUT2D eigenvalue weighted by Crippen LogP contribution is -2.45. The van der Waals surface area contributed by atoms with Crippen molar-refractivity contribution in [3.05, 3.63) is 47.0 Å². The number of aromatic nitrogens is 1. The number of anilines is 1. The first-order valence-electron chi connectivity index (χ1n) is 8.96. The number of pyridine rings is 1. The predicted octanol–water partition coefficient (Wildman–Crippen LogP) is 3.86. The number of para-hydroxylation sites is 1. The summed E-state index contributed by atoms with van der Waals surface area (Å²) in [6.45, 7) is 5.39. The number of hydrogen-bond acceptors (Lipinski definition) is 5. The fraction of sp³-hybridized carbons (Fsp3) is 0.421. The lowest BCUT2D eigenvalue weighted by molar-refractivity contribution is -0.120. The van der Waals surface area contributed by atoms with Gasteiger partial charge in [0.2, 0.25) is 5.91 Å². The smallest absolute Gasteiger partial charge is 0.410 e. The zero-order chi connectivity index (χ0) is 20.3. The SMILES string of the molecule is CC(C)(C)OC(=O)N1C[C@H](N=[N+]=[N-])C[C@H]1C(=O)Nc1cnc2ccccc2c1. The molecule has 1 saturated heterocycles. The average molecular weight is 382 g/mol. The molecule has 0 spiro atoms. The second-order valence-corrected chi connectivity index (χ2v) is 7.65. The standard InChI is InChI=1S/C19H22N6O3/c1-19(2,3)28-18(27)25-11-14(23-24-20)9-16(25)17(26)22-13-8-12-6-4-5-7-15(12)21-10-13/h4-8,10,14,16H,9,11H2,1-3H3,(H,22,26)/t14-,16+/m1/s1. The molecule has 0 saturated carbocycles. The fourth-order valence-corrected chi connectivity index (χ4v) is 3.11. The number of carbonyl (C=O) groups is 2. The van der Waals surface area contributed by atoms with Gasteiger partial charge < -0.3 is 10.1 Å². The predicted molar refractivity (Wildman–Crippen MR) is 105 cm³/mol. The van der Waals surface area contributed by atoms with E-state index in [1.807, 2.05) is 30.3 Å². The van der Waals surface area contributed by atoms with Crippen molar-refractivity contribution in [1.82, 2.24) is 9.88 Å². The maximum Gasteiger partial charge on any atom is 0.410 e. The lowest BCUT2D eigenvalue weighted by atomic mass is 10.1. The molecule has 1 N–H and O–H groups in total. The second kappa shape index (κ2) is 7.74. The monoisotopic (exact) mass is 382 g/mol. The Morgan fingerprint density at radius 3 is 2.82 bits per heavy atom. The van der Waals surface area contributed by atoms with Gasteiger partial charge in [-0.05, 0) is 44.9 Å². The van der Waals surface area contributed by atoms with Crippen molar-refractivity contribution in [3.63, 3.8) is 0 Å². The van der Waals surface area contributed by atoms with Gasteiger partial charge in [-0.25, -0.2) is 4.79 Å². The zero-order valence-electron chi connectivity index (χ0n) is 16.0. The molecule has 1 aliphatic rings. The minimum Gasteiger partial charge on any atom is -0.444 e. The van der Waals surface area contributed by atoms with Gasteiger partial charge >= 0.3 is 6.09 Å². The van der Waals surface area contributed by atoms with Crippen LogP contribution in [-0.4, -0.2) is 46.1 Å². The third-order valence-electron chi connectivity index (χ3n) is 4.28. The van der Waals surface area contributed by atoms with Crippen LogP contribution < -0.4 is 5.32 Å². The average Bonchev–Trinajstić information content (AvgIpc) is 3.05. The van der Waals surface area contributed by atoms with Gasteiger partial charge in [-0.1, -0.05) is 23.3 Å². The van der Waals surface area contributed by atoms with Gasteiger partial charge in [0.1, 0.15) is 11.6 Å². The normalized spacial score (nSPS) is 19.2. The number of ether oxygens (including phenoxy) is 1. The van der Waals surface area contributed by atoms with Crippen LogP contribution in [0.5, 0.6) is 0 Å². The van der Waals surface area contributed by atoms with Crippen LogP contribution in [0.3, 0.4) is 0 Å². The Labute approximate surface area is 162 Å². The van der Waals surface area contributed by atoms with Gasteiger partial charge in [-0.2, -0.15) is 0 Å². The molecule has 2 heterocycles. The molecular formula is C19H22N6O3. The van der Waals surface area contributed by atoms with E-state index < -0.39 is 23.8 Å². The molecule has 0 bridgehead atoms. The zero-order valence-corrected chi connectivity index (χ0v) is 16.0. The Kier molecular flexibility index (Phi) is 5.37.